The average molecular weight is 408 g/mol. The summed E-state index contributed by atoms with van der Waals surface area (Å²) in [4.78, 5) is 28.6. The number of anilines is 1. The minimum atomic E-state index is -1.04. The monoisotopic (exact) mass is 408 g/mol. The first-order valence-electron chi connectivity index (χ1n) is 9.24. The quantitative estimate of drug-likeness (QED) is 0.586. The first-order valence-corrected chi connectivity index (χ1v) is 9.24. The number of halogens is 1. The lowest BCUT2D eigenvalue weighted by Gasteiger charge is -2.14. The number of nitrogens with one attached hydrogen (secondary N) is 1. The number of amides is 1. The van der Waals surface area contributed by atoms with Crippen LogP contribution < -0.4 is 5.32 Å². The van der Waals surface area contributed by atoms with E-state index in [0.717, 1.165) is 0 Å². The maximum absolute atomic E-state index is 13.7. The van der Waals surface area contributed by atoms with Crippen molar-refractivity contribution < 1.29 is 24.2 Å². The summed E-state index contributed by atoms with van der Waals surface area (Å²) in [5, 5.41) is 21.3. The maximum Gasteiger partial charge on any atom is 0.335 e. The Hall–Kier alpha value is -3.58. The van der Waals surface area contributed by atoms with Crippen LogP contribution in [0.5, 0.6) is 0 Å². The van der Waals surface area contributed by atoms with E-state index in [0.29, 0.717) is 33.6 Å². The summed E-state index contributed by atoms with van der Waals surface area (Å²) >= 11 is 0. The van der Waals surface area contributed by atoms with Gasteiger partial charge in [-0.3, -0.25) is 4.79 Å². The zero-order valence-corrected chi connectivity index (χ0v) is 16.8. The Morgan fingerprint density at radius 2 is 1.67 bits per heavy atom. The Kier molecular flexibility index (Phi) is 5.94. The molecule has 0 saturated heterocycles. The van der Waals surface area contributed by atoms with Crippen LogP contribution in [0.4, 0.5) is 10.1 Å². The van der Waals surface area contributed by atoms with E-state index >= 15 is 0 Å². The highest BCUT2D eigenvalue weighted by molar-refractivity contribution is 6.05. The predicted molar refractivity (Wildman–Crippen MR) is 111 cm³/mol. The molecule has 0 atom stereocenters. The summed E-state index contributed by atoms with van der Waals surface area (Å²) in [6.07, 6.45) is 0. The van der Waals surface area contributed by atoms with Gasteiger partial charge < -0.3 is 15.5 Å². The van der Waals surface area contributed by atoms with Crippen molar-refractivity contribution in [2.45, 2.75) is 27.4 Å². The summed E-state index contributed by atoms with van der Waals surface area (Å²) in [5.41, 5.74) is 3.97. The Morgan fingerprint density at radius 3 is 2.27 bits per heavy atom. The molecule has 30 heavy (non-hydrogen) atoms. The molecule has 7 heteroatoms. The van der Waals surface area contributed by atoms with Crippen LogP contribution in [-0.4, -0.2) is 27.1 Å². The second-order valence-corrected chi connectivity index (χ2v) is 7.07. The minimum absolute atomic E-state index is 0.144. The molecule has 0 unspecified atom stereocenters. The molecule has 0 aliphatic rings. The normalized spacial score (nSPS) is 10.7. The molecule has 0 spiro atoms. The van der Waals surface area contributed by atoms with Gasteiger partial charge in [-0.25, -0.2) is 14.2 Å². The summed E-state index contributed by atoms with van der Waals surface area (Å²) in [6, 6.07) is 10.7. The van der Waals surface area contributed by atoms with E-state index in [-0.39, 0.29) is 16.8 Å². The third-order valence-electron chi connectivity index (χ3n) is 4.84. The number of aromatic nitrogens is 1. The van der Waals surface area contributed by atoms with Crippen LogP contribution in [0.3, 0.4) is 0 Å². The molecule has 1 amide bonds. The topological polar surface area (TPSA) is 99.5 Å². The molecular formula is C23H21FN2O4. The second-order valence-electron chi connectivity index (χ2n) is 7.07. The zero-order valence-electron chi connectivity index (χ0n) is 16.8. The van der Waals surface area contributed by atoms with Crippen molar-refractivity contribution in [3.8, 4) is 11.3 Å². The summed E-state index contributed by atoms with van der Waals surface area (Å²) in [6.45, 7) is 4.76. The smallest absolute Gasteiger partial charge is 0.335 e. The van der Waals surface area contributed by atoms with Crippen LogP contribution in [-0.2, 0) is 6.61 Å². The standard InChI is InChI=1S/C23H21FN2O4/c1-12-4-7-19(15-5-6-18(24)17(10-15)11-27)25-21(12)22(28)26-20-13(2)8-16(23(29)30)9-14(20)3/h4-10,27H,11H2,1-3H3,(H,26,28)(H,29,30). The number of pyridine rings is 1. The number of carbonyl (C=O) groups is 2. The first-order chi connectivity index (χ1) is 14.2. The van der Waals surface area contributed by atoms with Gasteiger partial charge in [0.2, 0.25) is 0 Å². The number of carbonyl (C=O) groups excluding carboxylic acids is 1. The number of nitrogens with zero attached hydrogens (tertiary/aromatic N) is 1. The Balaban J connectivity index is 1.96. The van der Waals surface area contributed by atoms with Crippen LogP contribution in [0, 0.1) is 26.6 Å². The van der Waals surface area contributed by atoms with Crippen molar-refractivity contribution in [1.29, 1.82) is 0 Å². The van der Waals surface area contributed by atoms with E-state index in [9.17, 15) is 24.2 Å². The van der Waals surface area contributed by atoms with Gasteiger partial charge in [0.1, 0.15) is 11.5 Å². The Bertz CT molecular complexity index is 1130. The summed E-state index contributed by atoms with van der Waals surface area (Å²) in [5.74, 6) is -1.99. The number of aromatic carboxylic acids is 1. The fourth-order valence-electron chi connectivity index (χ4n) is 3.23. The van der Waals surface area contributed by atoms with Crippen molar-refractivity contribution in [2.24, 2.45) is 0 Å². The number of aryl methyl sites for hydroxylation is 3. The van der Waals surface area contributed by atoms with Crippen LogP contribution >= 0.6 is 0 Å². The molecule has 0 bridgehead atoms. The SMILES string of the molecule is Cc1ccc(-c2ccc(F)c(CO)c2)nc1C(=O)Nc1c(C)cc(C(=O)O)cc1C. The van der Waals surface area contributed by atoms with E-state index in [1.54, 1.807) is 32.9 Å². The molecule has 0 aliphatic heterocycles. The van der Waals surface area contributed by atoms with E-state index in [1.165, 1.54) is 30.3 Å². The highest BCUT2D eigenvalue weighted by atomic mass is 19.1. The van der Waals surface area contributed by atoms with Crippen LogP contribution in [0.1, 0.15) is 43.1 Å². The lowest BCUT2D eigenvalue weighted by Crippen LogP contribution is -2.17. The van der Waals surface area contributed by atoms with Gasteiger partial charge in [-0.1, -0.05) is 6.07 Å². The predicted octanol–water partition coefficient (Wildman–Crippen LogP) is 4.26. The highest BCUT2D eigenvalue weighted by Crippen LogP contribution is 2.25. The summed E-state index contributed by atoms with van der Waals surface area (Å²) < 4.78 is 13.7. The van der Waals surface area contributed by atoms with Crippen LogP contribution in [0.15, 0.2) is 42.5 Å². The van der Waals surface area contributed by atoms with Gasteiger partial charge in [-0.15, -0.1) is 0 Å². The molecule has 0 radical (unpaired) electrons. The van der Waals surface area contributed by atoms with Crippen LogP contribution in [0.25, 0.3) is 11.3 Å². The second kappa shape index (κ2) is 8.42. The van der Waals surface area contributed by atoms with E-state index in [1.807, 2.05) is 0 Å². The Morgan fingerprint density at radius 1 is 1.00 bits per heavy atom. The molecule has 1 aromatic heterocycles. The fourth-order valence-corrected chi connectivity index (χ4v) is 3.23. The third-order valence-corrected chi connectivity index (χ3v) is 4.84. The van der Waals surface area contributed by atoms with E-state index in [2.05, 4.69) is 10.3 Å². The number of carboxylic acids is 1. The third kappa shape index (κ3) is 4.21. The molecule has 1 heterocycles. The van der Waals surface area contributed by atoms with Gasteiger partial charge in [0.15, 0.2) is 0 Å². The Labute approximate surface area is 173 Å². The van der Waals surface area contributed by atoms with Crippen LogP contribution in [0.2, 0.25) is 0 Å². The molecule has 6 nitrogen and oxygen atoms in total. The average Bonchev–Trinajstić information content (AvgIpc) is 2.71. The van der Waals surface area contributed by atoms with Gasteiger partial charge in [0.25, 0.3) is 5.91 Å². The van der Waals surface area contributed by atoms with Gasteiger partial charge in [0.05, 0.1) is 17.9 Å². The van der Waals surface area contributed by atoms with Gasteiger partial charge in [0, 0.05) is 16.8 Å². The number of rotatable bonds is 5. The number of aliphatic hydroxyl groups excluding tert-OH is 1. The number of hydrogen-bond donors (Lipinski definition) is 3. The highest BCUT2D eigenvalue weighted by Gasteiger charge is 2.17. The molecule has 0 aliphatic carbocycles. The van der Waals surface area contributed by atoms with Gasteiger partial charge >= 0.3 is 5.97 Å². The molecule has 0 saturated carbocycles. The summed E-state index contributed by atoms with van der Waals surface area (Å²) in [7, 11) is 0. The molecule has 3 aromatic rings. The fraction of sp³-hybridized carbons (Fsp3) is 0.174. The molecule has 2 aromatic carbocycles. The number of benzene rings is 2. The number of hydrogen-bond acceptors (Lipinski definition) is 4. The van der Waals surface area contributed by atoms with Gasteiger partial charge in [-0.05, 0) is 73.9 Å². The first kappa shape index (κ1) is 21.1. The van der Waals surface area contributed by atoms with Crippen molar-refractivity contribution in [3.05, 3.63) is 81.8 Å². The van der Waals surface area contributed by atoms with Crippen molar-refractivity contribution in [2.75, 3.05) is 5.32 Å². The van der Waals surface area contributed by atoms with Crippen molar-refractivity contribution >= 4 is 17.6 Å². The number of carboxylic acid groups (broad SMARTS) is 1. The lowest BCUT2D eigenvalue weighted by molar-refractivity contribution is 0.0696. The molecular weight excluding hydrogens is 387 g/mol. The van der Waals surface area contributed by atoms with E-state index < -0.39 is 24.3 Å². The van der Waals surface area contributed by atoms with Crippen molar-refractivity contribution in [3.63, 3.8) is 0 Å². The lowest BCUT2D eigenvalue weighted by atomic mass is 10.0. The molecule has 3 N–H and O–H groups in total. The van der Waals surface area contributed by atoms with Crippen molar-refractivity contribution in [1.82, 2.24) is 4.98 Å². The zero-order chi connectivity index (χ0) is 22.0. The maximum atomic E-state index is 13.7. The molecule has 154 valence electrons. The number of aliphatic hydroxyl groups is 1. The molecule has 3 rings (SSSR count). The largest absolute Gasteiger partial charge is 0.478 e. The minimum Gasteiger partial charge on any atom is -0.478 e. The van der Waals surface area contributed by atoms with Gasteiger partial charge in [-0.2, -0.15) is 0 Å². The molecule has 0 fully saturated rings. The van der Waals surface area contributed by atoms with E-state index in [4.69, 9.17) is 0 Å².